The van der Waals surface area contributed by atoms with Gasteiger partial charge in [-0.2, -0.15) is 0 Å². The molecule has 0 amide bonds. The number of aromatic nitrogens is 4. The fraction of sp³-hybridized carbons (Fsp3) is 0.429. The van der Waals surface area contributed by atoms with E-state index in [1.807, 2.05) is 6.92 Å². The molecular formula is C14H19N5. The highest BCUT2D eigenvalue weighted by atomic mass is 15.0. The molecule has 19 heavy (non-hydrogen) atoms. The highest BCUT2D eigenvalue weighted by molar-refractivity contribution is 5.64. The maximum Gasteiger partial charge on any atom is 0.133 e. The number of anilines is 1. The standard InChI is InChI=1S/C14H19N5/c1-4-6-17-14-10(3)13(18-12(5-2)19-14)11-9-15-7-8-16-11/h7-9H,4-6H2,1-3H3,(H,17,18,19). The maximum atomic E-state index is 4.58. The van der Waals surface area contributed by atoms with Crippen LogP contribution in [0.15, 0.2) is 18.6 Å². The van der Waals surface area contributed by atoms with Gasteiger partial charge in [-0.25, -0.2) is 9.97 Å². The SMILES string of the molecule is CCCNc1nc(CC)nc(-c2cnccn2)c1C. The smallest absolute Gasteiger partial charge is 0.133 e. The minimum atomic E-state index is 0.789. The second kappa shape index (κ2) is 6.22. The summed E-state index contributed by atoms with van der Waals surface area (Å²) in [5, 5.41) is 3.35. The Morgan fingerprint density at radius 3 is 2.63 bits per heavy atom. The van der Waals surface area contributed by atoms with Crippen LogP contribution < -0.4 is 5.32 Å². The van der Waals surface area contributed by atoms with Gasteiger partial charge in [-0.15, -0.1) is 0 Å². The lowest BCUT2D eigenvalue weighted by Gasteiger charge is -2.12. The van der Waals surface area contributed by atoms with Crippen LogP contribution >= 0.6 is 0 Å². The third-order valence-electron chi connectivity index (χ3n) is 2.86. The Hall–Kier alpha value is -2.04. The zero-order valence-electron chi connectivity index (χ0n) is 11.6. The minimum absolute atomic E-state index is 0.789. The first-order valence-electron chi connectivity index (χ1n) is 6.64. The van der Waals surface area contributed by atoms with Crippen LogP contribution in [0.2, 0.25) is 0 Å². The van der Waals surface area contributed by atoms with Gasteiger partial charge in [-0.3, -0.25) is 9.97 Å². The van der Waals surface area contributed by atoms with Gasteiger partial charge >= 0.3 is 0 Å². The van der Waals surface area contributed by atoms with Gasteiger partial charge in [0, 0.05) is 30.9 Å². The Morgan fingerprint density at radius 2 is 2.00 bits per heavy atom. The zero-order chi connectivity index (χ0) is 13.7. The third-order valence-corrected chi connectivity index (χ3v) is 2.86. The van der Waals surface area contributed by atoms with E-state index in [0.29, 0.717) is 0 Å². The molecule has 0 spiro atoms. The molecule has 2 rings (SSSR count). The van der Waals surface area contributed by atoms with Gasteiger partial charge in [0.05, 0.1) is 11.9 Å². The molecule has 0 unspecified atom stereocenters. The van der Waals surface area contributed by atoms with Crippen molar-refractivity contribution in [2.75, 3.05) is 11.9 Å². The average Bonchev–Trinajstić information content (AvgIpc) is 2.47. The van der Waals surface area contributed by atoms with Crippen molar-refractivity contribution < 1.29 is 0 Å². The van der Waals surface area contributed by atoms with Crippen molar-refractivity contribution in [3.8, 4) is 11.4 Å². The molecule has 1 N–H and O–H groups in total. The average molecular weight is 257 g/mol. The monoisotopic (exact) mass is 257 g/mol. The molecule has 0 atom stereocenters. The Morgan fingerprint density at radius 1 is 1.16 bits per heavy atom. The summed E-state index contributed by atoms with van der Waals surface area (Å²) >= 11 is 0. The van der Waals surface area contributed by atoms with E-state index in [4.69, 9.17) is 0 Å². The largest absolute Gasteiger partial charge is 0.370 e. The Balaban J connectivity index is 2.47. The molecule has 2 aromatic rings. The van der Waals surface area contributed by atoms with Crippen LogP contribution in [0.3, 0.4) is 0 Å². The van der Waals surface area contributed by atoms with Crippen molar-refractivity contribution in [3.05, 3.63) is 30.0 Å². The number of hydrogen-bond donors (Lipinski definition) is 1. The van der Waals surface area contributed by atoms with Gasteiger partial charge in [-0.1, -0.05) is 13.8 Å². The van der Waals surface area contributed by atoms with E-state index in [2.05, 4.69) is 39.1 Å². The molecule has 100 valence electrons. The minimum Gasteiger partial charge on any atom is -0.370 e. The number of nitrogens with one attached hydrogen (secondary N) is 1. The van der Waals surface area contributed by atoms with Crippen LogP contribution in [0.4, 0.5) is 5.82 Å². The van der Waals surface area contributed by atoms with Crippen LogP contribution in [0.5, 0.6) is 0 Å². The van der Waals surface area contributed by atoms with Crippen molar-refractivity contribution in [1.29, 1.82) is 0 Å². The van der Waals surface area contributed by atoms with Gasteiger partial charge in [0.2, 0.25) is 0 Å². The highest BCUT2D eigenvalue weighted by Gasteiger charge is 2.12. The van der Waals surface area contributed by atoms with E-state index in [1.54, 1.807) is 18.6 Å². The lowest BCUT2D eigenvalue weighted by Crippen LogP contribution is -2.09. The van der Waals surface area contributed by atoms with Gasteiger partial charge in [0.1, 0.15) is 17.3 Å². The van der Waals surface area contributed by atoms with Crippen LogP contribution in [0.1, 0.15) is 31.7 Å². The van der Waals surface area contributed by atoms with Gasteiger partial charge in [-0.05, 0) is 13.3 Å². The maximum absolute atomic E-state index is 4.58. The lowest BCUT2D eigenvalue weighted by molar-refractivity contribution is 0.908. The molecule has 5 nitrogen and oxygen atoms in total. The molecular weight excluding hydrogens is 238 g/mol. The van der Waals surface area contributed by atoms with Gasteiger partial charge in [0.15, 0.2) is 0 Å². The number of nitrogens with zero attached hydrogens (tertiary/aromatic N) is 4. The van der Waals surface area contributed by atoms with E-state index in [9.17, 15) is 0 Å². The van der Waals surface area contributed by atoms with Crippen LogP contribution in [0, 0.1) is 6.92 Å². The molecule has 0 aliphatic carbocycles. The second-order valence-corrected chi connectivity index (χ2v) is 4.33. The normalized spacial score (nSPS) is 10.5. The first kappa shape index (κ1) is 13.4. The molecule has 0 aromatic carbocycles. The van der Waals surface area contributed by atoms with Crippen molar-refractivity contribution in [3.63, 3.8) is 0 Å². The first-order valence-corrected chi connectivity index (χ1v) is 6.64. The summed E-state index contributed by atoms with van der Waals surface area (Å²) < 4.78 is 0. The molecule has 0 saturated carbocycles. The molecule has 0 radical (unpaired) electrons. The molecule has 0 saturated heterocycles. The first-order chi connectivity index (χ1) is 9.26. The predicted molar refractivity (Wildman–Crippen MR) is 76.0 cm³/mol. The summed E-state index contributed by atoms with van der Waals surface area (Å²) in [4.78, 5) is 17.6. The van der Waals surface area contributed by atoms with E-state index in [-0.39, 0.29) is 0 Å². The van der Waals surface area contributed by atoms with Crippen molar-refractivity contribution in [1.82, 2.24) is 19.9 Å². The molecule has 2 heterocycles. The van der Waals surface area contributed by atoms with E-state index in [0.717, 1.165) is 48.0 Å². The van der Waals surface area contributed by atoms with E-state index < -0.39 is 0 Å². The molecule has 5 heteroatoms. The number of hydrogen-bond acceptors (Lipinski definition) is 5. The Bertz CT molecular complexity index is 539. The molecule has 0 fully saturated rings. The number of aryl methyl sites for hydroxylation is 1. The van der Waals surface area contributed by atoms with Crippen molar-refractivity contribution in [2.24, 2.45) is 0 Å². The second-order valence-electron chi connectivity index (χ2n) is 4.33. The molecule has 0 aliphatic rings. The Labute approximate surface area is 113 Å². The van der Waals surface area contributed by atoms with Crippen LogP contribution in [-0.4, -0.2) is 26.5 Å². The third kappa shape index (κ3) is 3.05. The van der Waals surface area contributed by atoms with Crippen molar-refractivity contribution in [2.45, 2.75) is 33.6 Å². The lowest BCUT2D eigenvalue weighted by atomic mass is 10.1. The summed E-state index contributed by atoms with van der Waals surface area (Å²) in [5.74, 6) is 1.72. The highest BCUT2D eigenvalue weighted by Crippen LogP contribution is 2.23. The fourth-order valence-electron chi connectivity index (χ4n) is 1.81. The van der Waals surface area contributed by atoms with E-state index >= 15 is 0 Å². The zero-order valence-corrected chi connectivity index (χ0v) is 11.6. The summed E-state index contributed by atoms with van der Waals surface area (Å²) in [6.45, 7) is 7.10. The summed E-state index contributed by atoms with van der Waals surface area (Å²) in [6.07, 6.45) is 6.94. The predicted octanol–water partition coefficient (Wildman–Crippen LogP) is 2.63. The van der Waals surface area contributed by atoms with Crippen LogP contribution in [0.25, 0.3) is 11.4 Å². The summed E-state index contributed by atoms with van der Waals surface area (Å²) in [6, 6.07) is 0. The van der Waals surface area contributed by atoms with E-state index in [1.165, 1.54) is 0 Å². The number of rotatable bonds is 5. The summed E-state index contributed by atoms with van der Waals surface area (Å²) in [7, 11) is 0. The van der Waals surface area contributed by atoms with Crippen LogP contribution in [-0.2, 0) is 6.42 Å². The van der Waals surface area contributed by atoms with Gasteiger partial charge in [0.25, 0.3) is 0 Å². The van der Waals surface area contributed by atoms with Gasteiger partial charge < -0.3 is 5.32 Å². The molecule has 0 aliphatic heterocycles. The quantitative estimate of drug-likeness (QED) is 0.892. The molecule has 0 bridgehead atoms. The summed E-state index contributed by atoms with van der Waals surface area (Å²) in [5.41, 5.74) is 2.67. The topological polar surface area (TPSA) is 63.6 Å². The van der Waals surface area contributed by atoms with Crippen molar-refractivity contribution >= 4 is 5.82 Å². The molecule has 2 aromatic heterocycles. The Kier molecular flexibility index (Phi) is 4.39. The fourth-order valence-corrected chi connectivity index (χ4v) is 1.81.